The van der Waals surface area contributed by atoms with Gasteiger partial charge in [0.25, 0.3) is 15.0 Å². The minimum Gasteiger partial charge on any atom is -0.480 e. The van der Waals surface area contributed by atoms with E-state index in [-0.39, 0.29) is 24.4 Å². The van der Waals surface area contributed by atoms with Gasteiger partial charge in [-0.05, 0) is 60.6 Å². The number of carbonyl (C=O) groups excluding carboxylic acids is 1. The van der Waals surface area contributed by atoms with Crippen LogP contribution < -0.4 is 4.74 Å². The lowest BCUT2D eigenvalue weighted by Crippen LogP contribution is -2.32. The summed E-state index contributed by atoms with van der Waals surface area (Å²) in [6.45, 7) is 2.70. The molecule has 34 heavy (non-hydrogen) atoms. The molecule has 0 N–H and O–H groups in total. The van der Waals surface area contributed by atoms with E-state index in [1.807, 2.05) is 12.1 Å². The highest BCUT2D eigenvalue weighted by molar-refractivity contribution is 8.13. The summed E-state index contributed by atoms with van der Waals surface area (Å²) in [5.41, 5.74) is 2.74. The van der Waals surface area contributed by atoms with Gasteiger partial charge in [0, 0.05) is 37.0 Å². The second-order valence-corrected chi connectivity index (χ2v) is 11.0. The Kier molecular flexibility index (Phi) is 6.85. The first kappa shape index (κ1) is 24.8. The van der Waals surface area contributed by atoms with Crippen molar-refractivity contribution in [1.82, 2.24) is 4.90 Å². The first-order valence-corrected chi connectivity index (χ1v) is 13.0. The molecule has 0 radical (unpaired) electrons. The van der Waals surface area contributed by atoms with Gasteiger partial charge in [0.1, 0.15) is 5.75 Å². The Hall–Kier alpha value is -2.30. The fourth-order valence-electron chi connectivity index (χ4n) is 4.20. The highest BCUT2D eigenvalue weighted by Crippen LogP contribution is 2.35. The molecule has 1 fully saturated rings. The Morgan fingerprint density at radius 2 is 1.79 bits per heavy atom. The average Bonchev–Trinajstić information content (AvgIpc) is 3.21. The van der Waals surface area contributed by atoms with Crippen LogP contribution >= 0.6 is 10.7 Å². The molecule has 2 aromatic rings. The maximum atomic E-state index is 13.3. The molecule has 0 spiro atoms. The lowest BCUT2D eigenvalue weighted by Gasteiger charge is -2.23. The Balaban J connectivity index is 1.61. The lowest BCUT2D eigenvalue weighted by atomic mass is 9.90. The van der Waals surface area contributed by atoms with Crippen molar-refractivity contribution in [3.8, 4) is 5.75 Å². The van der Waals surface area contributed by atoms with Gasteiger partial charge < -0.3 is 14.4 Å². The van der Waals surface area contributed by atoms with Gasteiger partial charge in [-0.3, -0.25) is 4.79 Å². The molecule has 0 aromatic heterocycles. The van der Waals surface area contributed by atoms with Crippen LogP contribution in [0.2, 0.25) is 0 Å². The van der Waals surface area contributed by atoms with Gasteiger partial charge in [-0.15, -0.1) is 0 Å². The number of carbonyl (C=O) groups is 1. The summed E-state index contributed by atoms with van der Waals surface area (Å²) in [6.07, 6.45) is -5.03. The molecule has 1 atom stereocenters. The molecule has 4 rings (SSSR count). The maximum Gasteiger partial charge on any atom is 0.425 e. The molecule has 1 amide bonds. The number of nitrogens with zero attached hydrogens (tertiary/aromatic N) is 1. The van der Waals surface area contributed by atoms with Gasteiger partial charge in [0.15, 0.2) is 6.10 Å². The molecular formula is C23H23ClF3NO5S. The summed E-state index contributed by atoms with van der Waals surface area (Å²) < 4.78 is 73.2. The van der Waals surface area contributed by atoms with E-state index in [9.17, 15) is 26.4 Å². The van der Waals surface area contributed by atoms with Crippen molar-refractivity contribution < 1.29 is 35.9 Å². The Bertz CT molecular complexity index is 1200. The lowest BCUT2D eigenvalue weighted by molar-refractivity contribution is -0.189. The number of ether oxygens (including phenoxy) is 2. The molecule has 11 heteroatoms. The van der Waals surface area contributed by atoms with Gasteiger partial charge in [0.05, 0.1) is 10.5 Å². The fourth-order valence-corrected chi connectivity index (χ4v) is 4.98. The number of alkyl halides is 3. The molecule has 2 aromatic carbocycles. The van der Waals surface area contributed by atoms with Crippen molar-refractivity contribution in [3.63, 3.8) is 0 Å². The summed E-state index contributed by atoms with van der Waals surface area (Å²) in [4.78, 5) is 14.4. The van der Waals surface area contributed by atoms with Gasteiger partial charge >= 0.3 is 6.18 Å². The molecular weight excluding hydrogens is 495 g/mol. The van der Waals surface area contributed by atoms with E-state index >= 15 is 0 Å². The molecule has 0 aliphatic carbocycles. The van der Waals surface area contributed by atoms with E-state index in [0.29, 0.717) is 19.1 Å². The van der Waals surface area contributed by atoms with E-state index in [4.69, 9.17) is 20.2 Å². The zero-order chi connectivity index (χ0) is 24.7. The third kappa shape index (κ3) is 5.34. The number of amides is 1. The van der Waals surface area contributed by atoms with Crippen LogP contribution in [-0.2, 0) is 26.9 Å². The molecule has 1 saturated heterocycles. The number of rotatable bonds is 5. The molecule has 2 aliphatic rings. The van der Waals surface area contributed by atoms with Crippen LogP contribution in [0.3, 0.4) is 0 Å². The van der Waals surface area contributed by atoms with Crippen molar-refractivity contribution in [1.29, 1.82) is 0 Å². The molecule has 0 saturated carbocycles. The molecule has 0 bridgehead atoms. The molecule has 6 nitrogen and oxygen atoms in total. The van der Waals surface area contributed by atoms with Gasteiger partial charge in [-0.2, -0.15) is 13.2 Å². The first-order chi connectivity index (χ1) is 15.9. The Labute approximate surface area is 200 Å². The number of halogens is 4. The first-order valence-electron chi connectivity index (χ1n) is 10.7. The van der Waals surface area contributed by atoms with Crippen molar-refractivity contribution in [2.45, 2.75) is 55.9 Å². The van der Waals surface area contributed by atoms with Crippen LogP contribution in [0.5, 0.6) is 5.75 Å². The summed E-state index contributed by atoms with van der Waals surface area (Å²) in [5.74, 6) is -0.633. The van der Waals surface area contributed by atoms with Gasteiger partial charge in [0.2, 0.25) is 0 Å². The molecule has 2 heterocycles. The van der Waals surface area contributed by atoms with Crippen LogP contribution in [0.1, 0.15) is 52.7 Å². The number of fused-ring (bicyclic) bond motifs is 1. The largest absolute Gasteiger partial charge is 0.480 e. The number of hydrogen-bond acceptors (Lipinski definition) is 5. The van der Waals surface area contributed by atoms with Crippen molar-refractivity contribution in [2.24, 2.45) is 0 Å². The summed E-state index contributed by atoms with van der Waals surface area (Å²) in [6, 6.07) is 9.04. The smallest absolute Gasteiger partial charge is 0.425 e. The van der Waals surface area contributed by atoms with E-state index in [1.54, 1.807) is 0 Å². The van der Waals surface area contributed by atoms with E-state index < -0.39 is 32.1 Å². The minimum absolute atomic E-state index is 0.244. The molecule has 184 valence electrons. The fraction of sp³-hybridized carbons (Fsp3) is 0.435. The monoisotopic (exact) mass is 517 g/mol. The quantitative estimate of drug-likeness (QED) is 0.522. The van der Waals surface area contributed by atoms with Gasteiger partial charge in [-0.25, -0.2) is 8.42 Å². The maximum absolute atomic E-state index is 13.3. The van der Waals surface area contributed by atoms with Crippen LogP contribution in [-0.4, -0.2) is 44.7 Å². The van der Waals surface area contributed by atoms with Crippen molar-refractivity contribution >= 4 is 25.6 Å². The average molecular weight is 518 g/mol. The second kappa shape index (κ2) is 9.39. The van der Waals surface area contributed by atoms with E-state index in [1.165, 1.54) is 4.90 Å². The zero-order valence-electron chi connectivity index (χ0n) is 18.3. The van der Waals surface area contributed by atoms with E-state index in [2.05, 4.69) is 6.07 Å². The second-order valence-electron chi connectivity index (χ2n) is 8.47. The highest BCUT2D eigenvalue weighted by Gasteiger charge is 2.39. The summed E-state index contributed by atoms with van der Waals surface area (Å²) in [7, 11) is 1.19. The van der Waals surface area contributed by atoms with Crippen LogP contribution in [0.15, 0.2) is 41.3 Å². The van der Waals surface area contributed by atoms with E-state index in [0.717, 1.165) is 54.7 Å². The third-order valence-electron chi connectivity index (χ3n) is 6.16. The van der Waals surface area contributed by atoms with Gasteiger partial charge in [-0.1, -0.05) is 18.2 Å². The standard InChI is InChI=1S/C23H23ClF3NO5S/c1-14(23(25,26)27)33-21-5-4-19(34(24,30)31)11-20(21)22(29)28-12-17-3-2-16(10-18(17)13-28)15-6-8-32-9-7-15/h2-5,10-11,14-15H,6-9,12-13H2,1H3/t14-/m0/s1. The predicted molar refractivity (Wildman–Crippen MR) is 118 cm³/mol. The van der Waals surface area contributed by atoms with Crippen molar-refractivity contribution in [3.05, 3.63) is 58.7 Å². The topological polar surface area (TPSA) is 72.9 Å². The Morgan fingerprint density at radius 1 is 1.12 bits per heavy atom. The van der Waals surface area contributed by atoms with Crippen LogP contribution in [0.25, 0.3) is 0 Å². The number of benzene rings is 2. The number of hydrogen-bond donors (Lipinski definition) is 0. The van der Waals surface area contributed by atoms with Crippen LogP contribution in [0.4, 0.5) is 13.2 Å². The molecule has 0 unspecified atom stereocenters. The normalized spacial score (nSPS) is 18.0. The molecule has 2 aliphatic heterocycles. The minimum atomic E-state index is -4.66. The highest BCUT2D eigenvalue weighted by atomic mass is 35.7. The third-order valence-corrected chi connectivity index (χ3v) is 7.51. The summed E-state index contributed by atoms with van der Waals surface area (Å²) in [5, 5.41) is 0. The van der Waals surface area contributed by atoms with Crippen molar-refractivity contribution in [2.75, 3.05) is 13.2 Å². The summed E-state index contributed by atoms with van der Waals surface area (Å²) >= 11 is 0. The predicted octanol–water partition coefficient (Wildman–Crippen LogP) is 4.99. The Morgan fingerprint density at radius 3 is 2.44 bits per heavy atom. The zero-order valence-corrected chi connectivity index (χ0v) is 19.8. The van der Waals surface area contributed by atoms with Crippen LogP contribution in [0, 0.1) is 0 Å². The SMILES string of the molecule is C[C@H](Oc1ccc(S(=O)(=O)Cl)cc1C(=O)N1Cc2ccc(C3CCOCC3)cc2C1)C(F)(F)F.